The largest absolute Gasteiger partial charge is 0.490 e. The van der Waals surface area contributed by atoms with Crippen LogP contribution < -0.4 is 15.2 Å². The molecule has 0 radical (unpaired) electrons. The number of para-hydroxylation sites is 1. The summed E-state index contributed by atoms with van der Waals surface area (Å²) in [7, 11) is 0. The van der Waals surface area contributed by atoms with Gasteiger partial charge in [0.2, 0.25) is 0 Å². The number of piperidine rings is 1. The fourth-order valence-corrected chi connectivity index (χ4v) is 4.19. The molecule has 34 heavy (non-hydrogen) atoms. The molecule has 7 heteroatoms. The van der Waals surface area contributed by atoms with Gasteiger partial charge in [-0.05, 0) is 80.2 Å². The zero-order valence-electron chi connectivity index (χ0n) is 19.4. The highest BCUT2D eigenvalue weighted by Gasteiger charge is 2.22. The Morgan fingerprint density at radius 1 is 0.941 bits per heavy atom. The van der Waals surface area contributed by atoms with Crippen LogP contribution in [0.1, 0.15) is 29.9 Å². The molecule has 0 amide bonds. The lowest BCUT2D eigenvalue weighted by Crippen LogP contribution is -2.40. The Morgan fingerprint density at radius 3 is 2.26 bits per heavy atom. The molecule has 1 aliphatic heterocycles. The van der Waals surface area contributed by atoms with Crippen LogP contribution in [-0.2, 0) is 0 Å². The van der Waals surface area contributed by atoms with E-state index in [-0.39, 0.29) is 31.4 Å². The number of aliphatic hydroxyl groups excluding tert-OH is 1. The first-order chi connectivity index (χ1) is 15.6. The summed E-state index contributed by atoms with van der Waals surface area (Å²) in [6.45, 7) is 4.82. The zero-order valence-corrected chi connectivity index (χ0v) is 21.1. The molecule has 1 aliphatic rings. The maximum atomic E-state index is 10.4. The van der Waals surface area contributed by atoms with Crippen molar-refractivity contribution in [2.75, 3.05) is 32.0 Å². The number of β-amino-alcohol motifs (C(OH)–C–C–N with tert-alkyl or cyclic N) is 1. The Morgan fingerprint density at radius 2 is 1.59 bits per heavy atom. The summed E-state index contributed by atoms with van der Waals surface area (Å²) in [5.41, 5.74) is 8.87. The molecule has 3 aromatic carbocycles. The van der Waals surface area contributed by atoms with E-state index < -0.39 is 6.10 Å². The van der Waals surface area contributed by atoms with Crippen LogP contribution in [0.25, 0.3) is 0 Å². The van der Waals surface area contributed by atoms with Gasteiger partial charge in [0.25, 0.3) is 0 Å². The molecular weight excluding hydrogens is 471 g/mol. The van der Waals surface area contributed by atoms with Crippen molar-refractivity contribution in [1.29, 1.82) is 0 Å². The van der Waals surface area contributed by atoms with Gasteiger partial charge in [-0.25, -0.2) is 0 Å². The number of benzene rings is 3. The monoisotopic (exact) mass is 504 g/mol. The van der Waals surface area contributed by atoms with Crippen LogP contribution in [0.2, 0.25) is 0 Å². The van der Waals surface area contributed by atoms with Gasteiger partial charge in [-0.1, -0.05) is 36.4 Å². The lowest BCUT2D eigenvalue weighted by Gasteiger charge is -2.33. The molecule has 3 N–H and O–H groups in total. The number of anilines is 1. The Balaban J connectivity index is 0.00000204. The Bertz CT molecular complexity index is 995. The highest BCUT2D eigenvalue weighted by Crippen LogP contribution is 2.30. The van der Waals surface area contributed by atoms with Crippen LogP contribution in [0.5, 0.6) is 17.2 Å². The highest BCUT2D eigenvalue weighted by molar-refractivity contribution is 5.85. The molecule has 1 saturated heterocycles. The number of likely N-dealkylation sites (tertiary alicyclic amines) is 1. The second-order valence-corrected chi connectivity index (χ2v) is 8.55. The lowest BCUT2D eigenvalue weighted by atomic mass is 9.89. The Hall–Kier alpha value is -2.44. The van der Waals surface area contributed by atoms with E-state index in [0.29, 0.717) is 18.2 Å². The molecule has 4 rings (SSSR count). The van der Waals surface area contributed by atoms with Gasteiger partial charge in [0.1, 0.15) is 30.0 Å². The lowest BCUT2D eigenvalue weighted by molar-refractivity contribution is 0.0592. The van der Waals surface area contributed by atoms with E-state index in [1.54, 1.807) is 0 Å². The number of nitrogens with two attached hydrogens (primary N) is 1. The molecule has 3 aromatic rings. The average molecular weight is 505 g/mol. The van der Waals surface area contributed by atoms with Gasteiger partial charge in [-0.15, -0.1) is 24.8 Å². The fourth-order valence-electron chi connectivity index (χ4n) is 4.19. The van der Waals surface area contributed by atoms with Crippen LogP contribution in [-0.4, -0.2) is 42.4 Å². The van der Waals surface area contributed by atoms with Crippen molar-refractivity contribution in [1.82, 2.24) is 4.90 Å². The quantitative estimate of drug-likeness (QED) is 0.377. The number of halogens is 2. The molecule has 1 heterocycles. The van der Waals surface area contributed by atoms with Gasteiger partial charge >= 0.3 is 0 Å². The molecule has 0 spiro atoms. The zero-order chi connectivity index (χ0) is 22.3. The summed E-state index contributed by atoms with van der Waals surface area (Å²) < 4.78 is 11.7. The number of hydrogen-bond donors (Lipinski definition) is 2. The van der Waals surface area contributed by atoms with E-state index in [1.165, 1.54) is 5.56 Å². The molecule has 0 bridgehead atoms. The SMILES string of the molecule is Cc1ccc(N)cc1OC[C@@H](O)CN1CCC(c2ccc(Oc3ccccc3)cc2)CC1.Cl.Cl. The molecule has 1 fully saturated rings. The van der Waals surface area contributed by atoms with Gasteiger partial charge in [0.05, 0.1) is 0 Å². The summed E-state index contributed by atoms with van der Waals surface area (Å²) in [5, 5.41) is 10.4. The number of nitrogen functional groups attached to an aromatic ring is 1. The highest BCUT2D eigenvalue weighted by atomic mass is 35.5. The molecule has 184 valence electrons. The first-order valence-electron chi connectivity index (χ1n) is 11.3. The second kappa shape index (κ2) is 13.4. The normalized spacial score (nSPS) is 15.0. The minimum atomic E-state index is -0.526. The first kappa shape index (κ1) is 27.8. The smallest absolute Gasteiger partial charge is 0.127 e. The average Bonchev–Trinajstić information content (AvgIpc) is 2.81. The maximum Gasteiger partial charge on any atom is 0.127 e. The first-order valence-corrected chi connectivity index (χ1v) is 11.3. The molecule has 0 aliphatic carbocycles. The minimum absolute atomic E-state index is 0. The van der Waals surface area contributed by atoms with Gasteiger partial charge in [-0.3, -0.25) is 0 Å². The number of aliphatic hydroxyl groups is 1. The van der Waals surface area contributed by atoms with E-state index in [4.69, 9.17) is 15.2 Å². The fraction of sp³-hybridized carbons (Fsp3) is 0.333. The molecular formula is C27H34Cl2N2O3. The predicted octanol–water partition coefficient (Wildman–Crippen LogP) is 5.83. The molecule has 0 unspecified atom stereocenters. The number of rotatable bonds is 8. The molecule has 5 nitrogen and oxygen atoms in total. The standard InChI is InChI=1S/C27H32N2O3.2ClH/c1-20-7-10-23(28)17-27(20)31-19-24(30)18-29-15-13-22(14-16-29)21-8-11-26(12-9-21)32-25-5-3-2-4-6-25;;/h2-12,17,22,24,30H,13-16,18-19,28H2,1H3;2*1H/t24-;;/m0../s1. The van der Waals surface area contributed by atoms with E-state index >= 15 is 0 Å². The summed E-state index contributed by atoms with van der Waals surface area (Å²) >= 11 is 0. The van der Waals surface area contributed by atoms with Crippen molar-refractivity contribution in [3.05, 3.63) is 83.9 Å². The van der Waals surface area contributed by atoms with E-state index in [1.807, 2.05) is 67.6 Å². The second-order valence-electron chi connectivity index (χ2n) is 8.55. The summed E-state index contributed by atoms with van der Waals surface area (Å²) in [5.74, 6) is 2.99. The van der Waals surface area contributed by atoms with Crippen molar-refractivity contribution < 1.29 is 14.6 Å². The minimum Gasteiger partial charge on any atom is -0.490 e. The number of ether oxygens (including phenoxy) is 2. The van der Waals surface area contributed by atoms with Crippen molar-refractivity contribution in [3.8, 4) is 17.2 Å². The topological polar surface area (TPSA) is 68.0 Å². The van der Waals surface area contributed by atoms with Gasteiger partial charge < -0.3 is 25.2 Å². The predicted molar refractivity (Wildman–Crippen MR) is 143 cm³/mol. The van der Waals surface area contributed by atoms with E-state index in [0.717, 1.165) is 48.7 Å². The number of hydrogen-bond acceptors (Lipinski definition) is 5. The van der Waals surface area contributed by atoms with Crippen molar-refractivity contribution >= 4 is 30.5 Å². The van der Waals surface area contributed by atoms with Crippen molar-refractivity contribution in [2.45, 2.75) is 31.8 Å². The Labute approximate surface area is 214 Å². The van der Waals surface area contributed by atoms with Crippen molar-refractivity contribution in [3.63, 3.8) is 0 Å². The maximum absolute atomic E-state index is 10.4. The number of aryl methyl sites for hydroxylation is 1. The molecule has 1 atom stereocenters. The van der Waals surface area contributed by atoms with Crippen LogP contribution in [0.15, 0.2) is 72.8 Å². The third-order valence-corrected chi connectivity index (χ3v) is 6.03. The summed E-state index contributed by atoms with van der Waals surface area (Å²) in [6.07, 6.45) is 1.64. The summed E-state index contributed by atoms with van der Waals surface area (Å²) in [4.78, 5) is 2.32. The third-order valence-electron chi connectivity index (χ3n) is 6.03. The summed E-state index contributed by atoms with van der Waals surface area (Å²) in [6, 6.07) is 23.9. The van der Waals surface area contributed by atoms with Gasteiger partial charge in [0.15, 0.2) is 0 Å². The Kier molecular flexibility index (Phi) is 11.0. The van der Waals surface area contributed by atoms with E-state index in [9.17, 15) is 5.11 Å². The number of nitrogens with zero attached hydrogens (tertiary/aromatic N) is 1. The molecule has 0 saturated carbocycles. The third kappa shape index (κ3) is 7.81. The van der Waals surface area contributed by atoms with Crippen LogP contribution in [0.3, 0.4) is 0 Å². The van der Waals surface area contributed by atoms with E-state index in [2.05, 4.69) is 17.0 Å². The van der Waals surface area contributed by atoms with Crippen LogP contribution in [0.4, 0.5) is 5.69 Å². The van der Waals surface area contributed by atoms with Gasteiger partial charge in [-0.2, -0.15) is 0 Å². The molecule has 0 aromatic heterocycles. The van der Waals surface area contributed by atoms with Crippen LogP contribution in [0, 0.1) is 6.92 Å². The van der Waals surface area contributed by atoms with Gasteiger partial charge in [0, 0.05) is 18.3 Å². The van der Waals surface area contributed by atoms with Crippen molar-refractivity contribution in [2.24, 2.45) is 0 Å². The van der Waals surface area contributed by atoms with Crippen LogP contribution >= 0.6 is 24.8 Å².